The van der Waals surface area contributed by atoms with E-state index in [9.17, 15) is 27.1 Å². The maximum atomic E-state index is 14.3. The molecule has 0 heterocycles. The van der Waals surface area contributed by atoms with Crippen LogP contribution in [-0.4, -0.2) is 42.7 Å². The first-order valence-electron chi connectivity index (χ1n) is 9.02. The molecule has 1 N–H and O–H groups in total. The highest BCUT2D eigenvalue weighted by Crippen LogP contribution is 2.49. The van der Waals surface area contributed by atoms with E-state index in [4.69, 9.17) is 4.74 Å². The monoisotopic (exact) mass is 430 g/mol. The van der Waals surface area contributed by atoms with Gasteiger partial charge in [0.2, 0.25) is 5.60 Å². The Morgan fingerprint density at radius 1 is 1.10 bits per heavy atom. The quantitative estimate of drug-likeness (QED) is 0.395. The number of alkyl halides is 3. The molecule has 2 aromatic rings. The Labute approximate surface area is 171 Å². The summed E-state index contributed by atoms with van der Waals surface area (Å²) in [6.45, 7) is 5.35. The van der Waals surface area contributed by atoms with Gasteiger partial charge in [-0.25, -0.2) is 13.8 Å². The normalized spacial score (nSPS) is 14.3. The Kier molecular flexibility index (Phi) is 6.76. The summed E-state index contributed by atoms with van der Waals surface area (Å²) in [5.74, 6) is -2.90. The summed E-state index contributed by atoms with van der Waals surface area (Å²) in [6, 6.07) is 3.88. The fourth-order valence-corrected chi connectivity index (χ4v) is 2.78. The van der Waals surface area contributed by atoms with Gasteiger partial charge in [0.1, 0.15) is 17.4 Å². The van der Waals surface area contributed by atoms with Crippen LogP contribution in [0, 0.1) is 18.6 Å². The summed E-state index contributed by atoms with van der Waals surface area (Å²) < 4.78 is 75.1. The molecule has 0 fully saturated rings. The number of hydrogen-bond acceptors (Lipinski definition) is 3. The summed E-state index contributed by atoms with van der Waals surface area (Å²) in [6.07, 6.45) is -3.86. The molecule has 1 atom stereocenters. The molecule has 0 aliphatic rings. The van der Waals surface area contributed by atoms with E-state index >= 15 is 0 Å². The smallest absolute Gasteiger partial charge is 0.426 e. The van der Waals surface area contributed by atoms with E-state index in [1.54, 1.807) is 11.9 Å². The van der Waals surface area contributed by atoms with Gasteiger partial charge in [0, 0.05) is 30.3 Å². The molecule has 0 saturated carbocycles. The topological polar surface area (TPSA) is 45.1 Å². The van der Waals surface area contributed by atoms with Gasteiger partial charge in [0.25, 0.3) is 0 Å². The second kappa shape index (κ2) is 8.59. The van der Waals surface area contributed by atoms with Crippen LogP contribution < -0.4 is 4.74 Å². The molecular formula is C21H23F5N2O2. The lowest BCUT2D eigenvalue weighted by Gasteiger charge is -2.33. The van der Waals surface area contributed by atoms with E-state index in [-0.39, 0.29) is 17.4 Å². The van der Waals surface area contributed by atoms with Crippen LogP contribution in [0.1, 0.15) is 30.5 Å². The third-order valence-corrected chi connectivity index (χ3v) is 4.83. The molecule has 0 saturated heterocycles. The third kappa shape index (κ3) is 4.40. The highest BCUT2D eigenvalue weighted by Gasteiger charge is 2.59. The lowest BCUT2D eigenvalue weighted by atomic mass is 9.83. The van der Waals surface area contributed by atoms with Crippen LogP contribution in [0.25, 0.3) is 0 Å². The van der Waals surface area contributed by atoms with Crippen molar-refractivity contribution >= 4 is 12.0 Å². The van der Waals surface area contributed by atoms with E-state index in [2.05, 4.69) is 4.99 Å². The molecule has 0 spiro atoms. The van der Waals surface area contributed by atoms with Crippen molar-refractivity contribution in [3.8, 4) is 5.75 Å². The number of methoxy groups -OCH3 is 1. The van der Waals surface area contributed by atoms with Gasteiger partial charge in [-0.1, -0.05) is 0 Å². The lowest BCUT2D eigenvalue weighted by Crippen LogP contribution is -2.44. The van der Waals surface area contributed by atoms with Crippen LogP contribution in [0.5, 0.6) is 5.75 Å². The molecule has 0 aromatic heterocycles. The first kappa shape index (κ1) is 23.6. The number of hydrogen-bond donors (Lipinski definition) is 1. The van der Waals surface area contributed by atoms with Gasteiger partial charge in [-0.2, -0.15) is 13.2 Å². The highest BCUT2D eigenvalue weighted by atomic mass is 19.4. The number of rotatable bonds is 6. The minimum atomic E-state index is -5.37. The minimum absolute atomic E-state index is 0.140. The van der Waals surface area contributed by atoms with Crippen molar-refractivity contribution in [3.63, 3.8) is 0 Å². The van der Waals surface area contributed by atoms with Crippen LogP contribution in [0.4, 0.5) is 27.6 Å². The molecule has 0 aliphatic heterocycles. The molecule has 2 rings (SSSR count). The molecule has 0 bridgehead atoms. The number of aryl methyl sites for hydroxylation is 1. The molecule has 0 radical (unpaired) electrons. The minimum Gasteiger partial charge on any atom is -0.496 e. The number of halogens is 5. The van der Waals surface area contributed by atoms with Crippen molar-refractivity contribution in [2.75, 3.05) is 14.2 Å². The Bertz CT molecular complexity index is 944. The number of aliphatic hydroxyl groups is 1. The zero-order valence-corrected chi connectivity index (χ0v) is 17.2. The van der Waals surface area contributed by atoms with E-state index in [0.29, 0.717) is 23.9 Å². The van der Waals surface area contributed by atoms with Gasteiger partial charge >= 0.3 is 6.18 Å². The van der Waals surface area contributed by atoms with Crippen LogP contribution in [0.3, 0.4) is 0 Å². The fourth-order valence-electron chi connectivity index (χ4n) is 2.78. The molecule has 164 valence electrons. The first-order valence-corrected chi connectivity index (χ1v) is 9.02. The molecule has 30 heavy (non-hydrogen) atoms. The van der Waals surface area contributed by atoms with Crippen LogP contribution in [0.15, 0.2) is 35.3 Å². The zero-order valence-electron chi connectivity index (χ0n) is 17.2. The first-order chi connectivity index (χ1) is 13.8. The van der Waals surface area contributed by atoms with E-state index < -0.39 is 34.5 Å². The van der Waals surface area contributed by atoms with E-state index in [0.717, 1.165) is 13.2 Å². The summed E-state index contributed by atoms with van der Waals surface area (Å²) in [7, 11) is 2.89. The number of aliphatic imine (C=N–C) groups is 1. The van der Waals surface area contributed by atoms with Crippen LogP contribution in [-0.2, 0) is 5.60 Å². The van der Waals surface area contributed by atoms with Gasteiger partial charge in [0.15, 0.2) is 0 Å². The maximum absolute atomic E-state index is 14.3. The fraction of sp³-hybridized carbons (Fsp3) is 0.381. The summed E-state index contributed by atoms with van der Waals surface area (Å²) in [4.78, 5) is 6.04. The van der Waals surface area contributed by atoms with Crippen molar-refractivity contribution < 1.29 is 31.8 Å². The average Bonchev–Trinajstić information content (AvgIpc) is 2.66. The Hall–Kier alpha value is -2.68. The zero-order chi connectivity index (χ0) is 22.9. The number of benzene rings is 2. The van der Waals surface area contributed by atoms with Crippen molar-refractivity contribution in [2.24, 2.45) is 4.99 Å². The standard InChI is InChI=1S/C21H23F5N2O2/c1-12(2)28(4)11-27-18-10-19(30-5)16(8-13(18)3)20(29,21(24,25)26)15-9-14(22)6-7-17(15)23/h6-12,29H,1-5H3/b27-11+. The van der Waals surface area contributed by atoms with Gasteiger partial charge in [-0.3, -0.25) is 0 Å². The molecule has 2 aromatic carbocycles. The molecule has 0 aliphatic carbocycles. The number of ether oxygens (including phenoxy) is 1. The Morgan fingerprint density at radius 2 is 1.73 bits per heavy atom. The Morgan fingerprint density at radius 3 is 2.27 bits per heavy atom. The van der Waals surface area contributed by atoms with Crippen molar-refractivity contribution in [1.82, 2.24) is 4.90 Å². The van der Waals surface area contributed by atoms with Crippen LogP contribution in [0.2, 0.25) is 0 Å². The van der Waals surface area contributed by atoms with Crippen molar-refractivity contribution in [2.45, 2.75) is 38.6 Å². The van der Waals surface area contributed by atoms with Gasteiger partial charge in [0.05, 0.1) is 19.1 Å². The predicted octanol–water partition coefficient (Wildman–Crippen LogP) is 5.08. The second-order valence-electron chi connectivity index (χ2n) is 7.18. The lowest BCUT2D eigenvalue weighted by molar-refractivity contribution is -0.249. The molecule has 1 unspecified atom stereocenters. The second-order valence-corrected chi connectivity index (χ2v) is 7.18. The maximum Gasteiger partial charge on any atom is 0.426 e. The van der Waals surface area contributed by atoms with Crippen molar-refractivity contribution in [3.05, 3.63) is 58.7 Å². The number of nitrogens with zero attached hydrogens (tertiary/aromatic N) is 2. The SMILES string of the molecule is COc1cc(/N=C/N(C)C(C)C)c(C)cc1C(O)(c1cc(F)ccc1F)C(F)(F)F. The third-order valence-electron chi connectivity index (χ3n) is 4.83. The van der Waals surface area contributed by atoms with Crippen LogP contribution >= 0.6 is 0 Å². The molecule has 9 heteroatoms. The van der Waals surface area contributed by atoms with Gasteiger partial charge in [-0.05, 0) is 50.6 Å². The average molecular weight is 430 g/mol. The predicted molar refractivity (Wildman–Crippen MR) is 104 cm³/mol. The summed E-state index contributed by atoms with van der Waals surface area (Å²) in [5.41, 5.74) is -5.29. The molecular weight excluding hydrogens is 407 g/mol. The highest BCUT2D eigenvalue weighted by molar-refractivity contribution is 5.66. The van der Waals surface area contributed by atoms with E-state index in [1.165, 1.54) is 19.3 Å². The molecule has 4 nitrogen and oxygen atoms in total. The molecule has 0 amide bonds. The van der Waals surface area contributed by atoms with Crippen molar-refractivity contribution in [1.29, 1.82) is 0 Å². The summed E-state index contributed by atoms with van der Waals surface area (Å²) >= 11 is 0. The summed E-state index contributed by atoms with van der Waals surface area (Å²) in [5, 5.41) is 10.8. The largest absolute Gasteiger partial charge is 0.496 e. The van der Waals surface area contributed by atoms with Gasteiger partial charge in [-0.15, -0.1) is 0 Å². The van der Waals surface area contributed by atoms with E-state index in [1.807, 2.05) is 13.8 Å². The van der Waals surface area contributed by atoms with Gasteiger partial charge < -0.3 is 14.7 Å². The Balaban J connectivity index is 2.74.